The van der Waals surface area contributed by atoms with Crippen LogP contribution in [0.3, 0.4) is 0 Å². The van der Waals surface area contributed by atoms with Gasteiger partial charge < -0.3 is 4.98 Å². The predicted molar refractivity (Wildman–Crippen MR) is 65.6 cm³/mol. The molecule has 0 bridgehead atoms. The summed E-state index contributed by atoms with van der Waals surface area (Å²) >= 11 is 0. The van der Waals surface area contributed by atoms with Crippen molar-refractivity contribution >= 4 is 23.2 Å². The van der Waals surface area contributed by atoms with Crippen LogP contribution in [0.15, 0.2) is 24.8 Å². The largest absolute Gasteiger partial charge is 0.342 e. The Balaban J connectivity index is 2.83. The van der Waals surface area contributed by atoms with Crippen molar-refractivity contribution in [3.63, 3.8) is 0 Å². The molecule has 0 aliphatic heterocycles. The molecule has 0 aliphatic rings. The van der Waals surface area contributed by atoms with Crippen LogP contribution in [0.2, 0.25) is 0 Å². The van der Waals surface area contributed by atoms with Crippen molar-refractivity contribution in [2.45, 2.75) is 13.8 Å². The SMILES string of the molecule is C=Cc1ccc2[nH]c(C)nc2c1/C=C\C. The first kappa shape index (κ1) is 9.71. The number of aromatic nitrogens is 2. The van der Waals surface area contributed by atoms with Gasteiger partial charge in [0.2, 0.25) is 0 Å². The van der Waals surface area contributed by atoms with Crippen molar-refractivity contribution in [2.24, 2.45) is 0 Å². The number of nitrogens with zero attached hydrogens (tertiary/aromatic N) is 1. The van der Waals surface area contributed by atoms with Gasteiger partial charge in [0, 0.05) is 5.56 Å². The summed E-state index contributed by atoms with van der Waals surface area (Å²) in [7, 11) is 0. The molecule has 1 N–H and O–H groups in total. The summed E-state index contributed by atoms with van der Waals surface area (Å²) in [5, 5.41) is 0. The van der Waals surface area contributed by atoms with Gasteiger partial charge in [-0.3, -0.25) is 0 Å². The Morgan fingerprint density at radius 3 is 2.87 bits per heavy atom. The number of nitrogens with one attached hydrogen (secondary N) is 1. The van der Waals surface area contributed by atoms with Crippen molar-refractivity contribution in [3.8, 4) is 0 Å². The Labute approximate surface area is 89.4 Å². The Hall–Kier alpha value is -1.83. The van der Waals surface area contributed by atoms with Crippen molar-refractivity contribution < 1.29 is 0 Å². The molecule has 0 saturated heterocycles. The van der Waals surface area contributed by atoms with Crippen LogP contribution in [0, 0.1) is 6.92 Å². The van der Waals surface area contributed by atoms with Crippen LogP contribution < -0.4 is 0 Å². The summed E-state index contributed by atoms with van der Waals surface area (Å²) in [4.78, 5) is 7.72. The van der Waals surface area contributed by atoms with E-state index in [2.05, 4.69) is 28.7 Å². The third kappa shape index (κ3) is 1.59. The van der Waals surface area contributed by atoms with Gasteiger partial charge in [-0.15, -0.1) is 0 Å². The number of aryl methyl sites for hydroxylation is 1. The lowest BCUT2D eigenvalue weighted by atomic mass is 10.1. The third-order valence-corrected chi connectivity index (χ3v) is 2.40. The molecule has 1 heterocycles. The second-order valence-electron chi connectivity index (χ2n) is 3.49. The van der Waals surface area contributed by atoms with E-state index in [1.54, 1.807) is 0 Å². The molecule has 2 heteroatoms. The van der Waals surface area contributed by atoms with Gasteiger partial charge in [0.05, 0.1) is 11.0 Å². The Morgan fingerprint density at radius 1 is 1.40 bits per heavy atom. The average Bonchev–Trinajstić information content (AvgIpc) is 2.60. The second-order valence-corrected chi connectivity index (χ2v) is 3.49. The lowest BCUT2D eigenvalue weighted by Crippen LogP contribution is -1.83. The monoisotopic (exact) mass is 198 g/mol. The highest BCUT2D eigenvalue weighted by Crippen LogP contribution is 2.22. The molecule has 0 amide bonds. The molecule has 0 spiro atoms. The van der Waals surface area contributed by atoms with E-state index in [9.17, 15) is 0 Å². The van der Waals surface area contributed by atoms with Gasteiger partial charge in [-0.25, -0.2) is 4.98 Å². The fraction of sp³-hybridized carbons (Fsp3) is 0.154. The molecule has 2 rings (SSSR count). The third-order valence-electron chi connectivity index (χ3n) is 2.40. The second kappa shape index (κ2) is 3.73. The average molecular weight is 198 g/mol. The number of rotatable bonds is 2. The van der Waals surface area contributed by atoms with Gasteiger partial charge in [-0.2, -0.15) is 0 Å². The van der Waals surface area contributed by atoms with E-state index in [0.717, 1.165) is 28.0 Å². The summed E-state index contributed by atoms with van der Waals surface area (Å²) < 4.78 is 0. The maximum Gasteiger partial charge on any atom is 0.104 e. The van der Waals surface area contributed by atoms with E-state index < -0.39 is 0 Å². The Kier molecular flexibility index (Phi) is 2.42. The molecular weight excluding hydrogens is 184 g/mol. The van der Waals surface area contributed by atoms with Gasteiger partial charge in [-0.1, -0.05) is 30.9 Å². The Bertz CT molecular complexity index is 533. The van der Waals surface area contributed by atoms with Gasteiger partial charge in [0.1, 0.15) is 5.82 Å². The highest BCUT2D eigenvalue weighted by molar-refractivity contribution is 5.89. The molecule has 0 unspecified atom stereocenters. The number of aromatic amines is 1. The van der Waals surface area contributed by atoms with E-state index in [4.69, 9.17) is 0 Å². The molecule has 0 atom stereocenters. The number of fused-ring (bicyclic) bond motifs is 1. The minimum atomic E-state index is 0.942. The number of imidazole rings is 1. The summed E-state index contributed by atoms with van der Waals surface area (Å²) in [6.07, 6.45) is 5.95. The molecule has 1 aromatic heterocycles. The number of benzene rings is 1. The minimum Gasteiger partial charge on any atom is -0.342 e. The topological polar surface area (TPSA) is 28.7 Å². The predicted octanol–water partition coefficient (Wildman–Crippen LogP) is 3.55. The Morgan fingerprint density at radius 2 is 2.20 bits per heavy atom. The minimum absolute atomic E-state index is 0.942. The number of allylic oxidation sites excluding steroid dienone is 1. The van der Waals surface area contributed by atoms with Crippen LogP contribution in [-0.2, 0) is 0 Å². The van der Waals surface area contributed by atoms with E-state index in [1.807, 2.05) is 32.1 Å². The fourth-order valence-electron chi connectivity index (χ4n) is 1.76. The van der Waals surface area contributed by atoms with Crippen molar-refractivity contribution in [3.05, 3.63) is 41.7 Å². The zero-order chi connectivity index (χ0) is 10.8. The highest BCUT2D eigenvalue weighted by atomic mass is 14.9. The van der Waals surface area contributed by atoms with Crippen molar-refractivity contribution in [2.75, 3.05) is 0 Å². The van der Waals surface area contributed by atoms with Gasteiger partial charge in [0.25, 0.3) is 0 Å². The lowest BCUT2D eigenvalue weighted by molar-refractivity contribution is 1.17. The van der Waals surface area contributed by atoms with E-state index in [0.29, 0.717) is 0 Å². The molecule has 0 saturated carbocycles. The van der Waals surface area contributed by atoms with E-state index in [-0.39, 0.29) is 0 Å². The molecule has 1 aromatic carbocycles. The maximum atomic E-state index is 4.49. The molecular formula is C13H14N2. The van der Waals surface area contributed by atoms with Crippen molar-refractivity contribution in [1.29, 1.82) is 0 Å². The zero-order valence-corrected chi connectivity index (χ0v) is 9.04. The summed E-state index contributed by atoms with van der Waals surface area (Å²) in [5.41, 5.74) is 4.34. The first-order chi connectivity index (χ1) is 7.26. The number of hydrogen-bond donors (Lipinski definition) is 1. The maximum absolute atomic E-state index is 4.49. The van der Waals surface area contributed by atoms with Crippen LogP contribution in [0.25, 0.3) is 23.2 Å². The van der Waals surface area contributed by atoms with Crippen LogP contribution >= 0.6 is 0 Å². The van der Waals surface area contributed by atoms with Crippen LogP contribution in [-0.4, -0.2) is 9.97 Å². The molecule has 15 heavy (non-hydrogen) atoms. The molecule has 0 radical (unpaired) electrons. The van der Waals surface area contributed by atoms with Crippen molar-refractivity contribution in [1.82, 2.24) is 9.97 Å². The van der Waals surface area contributed by atoms with Crippen LogP contribution in [0.5, 0.6) is 0 Å². The normalized spacial score (nSPS) is 11.3. The highest BCUT2D eigenvalue weighted by Gasteiger charge is 2.06. The summed E-state index contributed by atoms with van der Waals surface area (Å²) in [6, 6.07) is 4.10. The van der Waals surface area contributed by atoms with E-state index in [1.165, 1.54) is 0 Å². The van der Waals surface area contributed by atoms with Gasteiger partial charge in [-0.05, 0) is 25.5 Å². The van der Waals surface area contributed by atoms with Gasteiger partial charge >= 0.3 is 0 Å². The first-order valence-corrected chi connectivity index (χ1v) is 5.00. The van der Waals surface area contributed by atoms with E-state index >= 15 is 0 Å². The number of H-pyrrole nitrogens is 1. The standard InChI is InChI=1S/C13H14N2/c1-4-6-11-10(5-2)7-8-12-13(11)15-9(3)14-12/h4-8H,2H2,1,3H3,(H,14,15)/b6-4-. The zero-order valence-electron chi connectivity index (χ0n) is 9.04. The first-order valence-electron chi connectivity index (χ1n) is 5.00. The molecule has 0 aliphatic carbocycles. The fourth-order valence-corrected chi connectivity index (χ4v) is 1.76. The smallest absolute Gasteiger partial charge is 0.104 e. The lowest BCUT2D eigenvalue weighted by Gasteiger charge is -2.01. The van der Waals surface area contributed by atoms with Crippen LogP contribution in [0.4, 0.5) is 0 Å². The quantitative estimate of drug-likeness (QED) is 0.785. The summed E-state index contributed by atoms with van der Waals surface area (Å²) in [5.74, 6) is 0.942. The molecule has 76 valence electrons. The van der Waals surface area contributed by atoms with Gasteiger partial charge in [0.15, 0.2) is 0 Å². The molecule has 2 nitrogen and oxygen atoms in total. The summed E-state index contributed by atoms with van der Waals surface area (Å²) in [6.45, 7) is 7.79. The number of hydrogen-bond acceptors (Lipinski definition) is 1. The molecule has 2 aromatic rings. The molecule has 0 fully saturated rings. The van der Waals surface area contributed by atoms with Crippen LogP contribution in [0.1, 0.15) is 23.9 Å².